The molecule has 0 aromatic heterocycles. The van der Waals surface area contributed by atoms with Crippen LogP contribution in [0.25, 0.3) is 0 Å². The van der Waals surface area contributed by atoms with Gasteiger partial charge in [-0.25, -0.2) is 4.79 Å². The van der Waals surface area contributed by atoms with Gasteiger partial charge in [0.25, 0.3) is 0 Å². The Kier molecular flexibility index (Phi) is 3.03. The summed E-state index contributed by atoms with van der Waals surface area (Å²) in [5.41, 5.74) is 1.59. The molecule has 0 saturated heterocycles. The molecule has 1 aliphatic carbocycles. The number of nitrogens with zero attached hydrogens (tertiary/aromatic N) is 1. The molecule has 1 aromatic carbocycles. The Labute approximate surface area is 101 Å². The van der Waals surface area contributed by atoms with Gasteiger partial charge in [0.2, 0.25) is 6.08 Å². The quantitative estimate of drug-likeness (QED) is 0.641. The number of isocyanates is 1. The summed E-state index contributed by atoms with van der Waals surface area (Å²) in [5.74, 6) is 0.594. The van der Waals surface area contributed by atoms with Crippen molar-refractivity contribution in [3.05, 3.63) is 29.3 Å². The molecule has 0 bridgehead atoms. The highest BCUT2D eigenvalue weighted by Gasteiger charge is 2.39. The average Bonchev–Trinajstić information content (AvgIpc) is 2.22. The highest BCUT2D eigenvalue weighted by molar-refractivity contribution is 5.44. The first kappa shape index (κ1) is 11.9. The number of rotatable bonds is 3. The van der Waals surface area contributed by atoms with Crippen LogP contribution in [0.4, 0.5) is 0 Å². The average molecular weight is 231 g/mol. The fraction of sp³-hybridized carbons (Fsp3) is 0.500. The highest BCUT2D eigenvalue weighted by Crippen LogP contribution is 2.46. The standard InChI is InChI=1S/C14H17NO2/c1-10(2)11-6-12(8-13(17)7-11)14(15-9-16)4-3-5-14/h6-8,10,17H,3-5H2,1-2H3. The van der Waals surface area contributed by atoms with E-state index >= 15 is 0 Å². The molecule has 90 valence electrons. The Bertz CT molecular complexity index is 469. The number of hydrogen-bond acceptors (Lipinski definition) is 3. The van der Waals surface area contributed by atoms with E-state index in [-0.39, 0.29) is 5.75 Å². The van der Waals surface area contributed by atoms with Crippen molar-refractivity contribution in [1.82, 2.24) is 0 Å². The summed E-state index contributed by atoms with van der Waals surface area (Å²) in [6.07, 6.45) is 4.47. The van der Waals surface area contributed by atoms with Crippen LogP contribution in [0.5, 0.6) is 5.75 Å². The molecule has 17 heavy (non-hydrogen) atoms. The van der Waals surface area contributed by atoms with Crippen molar-refractivity contribution in [3.8, 4) is 5.75 Å². The summed E-state index contributed by atoms with van der Waals surface area (Å²) < 4.78 is 0. The van der Waals surface area contributed by atoms with E-state index in [0.29, 0.717) is 5.92 Å². The first-order valence-corrected chi connectivity index (χ1v) is 6.01. The van der Waals surface area contributed by atoms with Crippen molar-refractivity contribution in [2.24, 2.45) is 4.99 Å². The van der Waals surface area contributed by atoms with Crippen LogP contribution in [0, 0.1) is 0 Å². The number of aromatic hydroxyl groups is 1. The molecular formula is C14H17NO2. The van der Waals surface area contributed by atoms with Gasteiger partial charge in [0, 0.05) is 0 Å². The molecule has 0 heterocycles. The number of hydrogen-bond donors (Lipinski definition) is 1. The van der Waals surface area contributed by atoms with Gasteiger partial charge in [-0.2, -0.15) is 4.99 Å². The molecule has 1 aliphatic rings. The van der Waals surface area contributed by atoms with Gasteiger partial charge >= 0.3 is 0 Å². The minimum atomic E-state index is -0.426. The Morgan fingerprint density at radius 2 is 2.06 bits per heavy atom. The number of phenolic OH excluding ortho intramolecular Hbond substituents is 1. The SMILES string of the molecule is CC(C)c1cc(O)cc(C2(N=C=O)CCC2)c1. The first-order valence-electron chi connectivity index (χ1n) is 6.01. The summed E-state index contributed by atoms with van der Waals surface area (Å²) in [6.45, 7) is 4.16. The van der Waals surface area contributed by atoms with Gasteiger partial charge in [-0.05, 0) is 48.4 Å². The second kappa shape index (κ2) is 4.34. The van der Waals surface area contributed by atoms with Crippen LogP contribution in [0.1, 0.15) is 50.2 Å². The summed E-state index contributed by atoms with van der Waals surface area (Å²) in [6, 6.07) is 5.53. The molecule has 2 rings (SSSR count). The maximum atomic E-state index is 10.5. The van der Waals surface area contributed by atoms with Crippen LogP contribution in [-0.2, 0) is 10.3 Å². The topological polar surface area (TPSA) is 49.7 Å². The van der Waals surface area contributed by atoms with Crippen molar-refractivity contribution in [2.75, 3.05) is 0 Å². The zero-order valence-electron chi connectivity index (χ0n) is 10.2. The predicted molar refractivity (Wildman–Crippen MR) is 65.8 cm³/mol. The summed E-state index contributed by atoms with van der Waals surface area (Å²) in [4.78, 5) is 14.5. The molecule has 1 N–H and O–H groups in total. The van der Waals surface area contributed by atoms with Crippen LogP contribution in [-0.4, -0.2) is 11.2 Å². The Morgan fingerprint density at radius 3 is 2.53 bits per heavy atom. The molecule has 3 nitrogen and oxygen atoms in total. The van der Waals surface area contributed by atoms with Crippen LogP contribution in [0.3, 0.4) is 0 Å². The third-order valence-electron chi connectivity index (χ3n) is 3.58. The maximum Gasteiger partial charge on any atom is 0.235 e. The van der Waals surface area contributed by atoms with E-state index in [1.165, 1.54) is 0 Å². The lowest BCUT2D eigenvalue weighted by atomic mass is 9.72. The molecule has 0 amide bonds. The molecule has 3 heteroatoms. The fourth-order valence-electron chi connectivity index (χ4n) is 2.30. The molecule has 0 unspecified atom stereocenters. The van der Waals surface area contributed by atoms with E-state index in [9.17, 15) is 9.90 Å². The normalized spacial score (nSPS) is 17.4. The monoisotopic (exact) mass is 231 g/mol. The second-order valence-corrected chi connectivity index (χ2v) is 5.06. The summed E-state index contributed by atoms with van der Waals surface area (Å²) >= 11 is 0. The Balaban J connectivity index is 2.47. The van der Waals surface area contributed by atoms with Gasteiger partial charge in [0.05, 0.1) is 5.54 Å². The van der Waals surface area contributed by atoms with Gasteiger partial charge in [0.1, 0.15) is 5.75 Å². The van der Waals surface area contributed by atoms with E-state index < -0.39 is 5.54 Å². The Hall–Kier alpha value is -1.60. The van der Waals surface area contributed by atoms with E-state index in [0.717, 1.165) is 30.4 Å². The van der Waals surface area contributed by atoms with Gasteiger partial charge < -0.3 is 5.11 Å². The zero-order valence-corrected chi connectivity index (χ0v) is 10.2. The number of carbonyl (C=O) groups excluding carboxylic acids is 1. The molecule has 0 radical (unpaired) electrons. The minimum absolute atomic E-state index is 0.249. The third-order valence-corrected chi connectivity index (χ3v) is 3.58. The molecule has 0 aliphatic heterocycles. The van der Waals surface area contributed by atoms with E-state index in [2.05, 4.69) is 18.8 Å². The first-order chi connectivity index (χ1) is 8.07. The lowest BCUT2D eigenvalue weighted by Gasteiger charge is -2.37. The number of phenols is 1. The van der Waals surface area contributed by atoms with Gasteiger partial charge in [-0.3, -0.25) is 0 Å². The van der Waals surface area contributed by atoms with Crippen molar-refractivity contribution in [2.45, 2.75) is 44.6 Å². The smallest absolute Gasteiger partial charge is 0.235 e. The van der Waals surface area contributed by atoms with Crippen molar-refractivity contribution >= 4 is 6.08 Å². The number of aliphatic imine (C=N–C) groups is 1. The maximum absolute atomic E-state index is 10.5. The van der Waals surface area contributed by atoms with Crippen LogP contribution in [0.15, 0.2) is 23.2 Å². The van der Waals surface area contributed by atoms with Gasteiger partial charge in [-0.15, -0.1) is 0 Å². The second-order valence-electron chi connectivity index (χ2n) is 5.06. The van der Waals surface area contributed by atoms with Crippen LogP contribution in [0.2, 0.25) is 0 Å². The van der Waals surface area contributed by atoms with Crippen molar-refractivity contribution in [1.29, 1.82) is 0 Å². The van der Waals surface area contributed by atoms with E-state index in [4.69, 9.17) is 0 Å². The minimum Gasteiger partial charge on any atom is -0.508 e. The number of benzene rings is 1. The summed E-state index contributed by atoms with van der Waals surface area (Å²) in [5, 5.41) is 9.75. The van der Waals surface area contributed by atoms with E-state index in [1.54, 1.807) is 18.2 Å². The van der Waals surface area contributed by atoms with Crippen LogP contribution >= 0.6 is 0 Å². The molecule has 1 fully saturated rings. The van der Waals surface area contributed by atoms with Crippen LogP contribution < -0.4 is 0 Å². The summed E-state index contributed by atoms with van der Waals surface area (Å²) in [7, 11) is 0. The molecular weight excluding hydrogens is 214 g/mol. The zero-order chi connectivity index (χ0) is 12.5. The predicted octanol–water partition coefficient (Wildman–Crippen LogP) is 3.23. The lowest BCUT2D eigenvalue weighted by molar-refractivity contribution is 0.255. The fourth-order valence-corrected chi connectivity index (χ4v) is 2.30. The van der Waals surface area contributed by atoms with Gasteiger partial charge in [-0.1, -0.05) is 19.9 Å². The third kappa shape index (κ3) is 2.11. The Morgan fingerprint density at radius 1 is 1.35 bits per heavy atom. The molecule has 1 saturated carbocycles. The van der Waals surface area contributed by atoms with E-state index in [1.807, 2.05) is 6.07 Å². The highest BCUT2D eigenvalue weighted by atomic mass is 16.3. The lowest BCUT2D eigenvalue weighted by Crippen LogP contribution is -2.31. The van der Waals surface area contributed by atoms with Crippen molar-refractivity contribution < 1.29 is 9.90 Å². The molecule has 0 atom stereocenters. The molecule has 0 spiro atoms. The largest absolute Gasteiger partial charge is 0.508 e. The molecule has 1 aromatic rings. The van der Waals surface area contributed by atoms with Crippen molar-refractivity contribution in [3.63, 3.8) is 0 Å². The van der Waals surface area contributed by atoms with Gasteiger partial charge in [0.15, 0.2) is 0 Å².